The van der Waals surface area contributed by atoms with Crippen LogP contribution in [0, 0.1) is 11.6 Å². The molecule has 0 saturated carbocycles. The van der Waals surface area contributed by atoms with E-state index in [1.807, 2.05) is 0 Å². The summed E-state index contributed by atoms with van der Waals surface area (Å²) in [5.74, 6) is -2.34. The largest absolute Gasteiger partial charge is 0.383 e. The quantitative estimate of drug-likeness (QED) is 0.458. The molecule has 0 fully saturated rings. The van der Waals surface area contributed by atoms with Crippen LogP contribution in [0.4, 0.5) is 20.3 Å². The number of ketones is 1. The molecule has 2 aromatic carbocycles. The highest BCUT2D eigenvalue weighted by molar-refractivity contribution is 7.92. The van der Waals surface area contributed by atoms with Crippen molar-refractivity contribution in [2.75, 3.05) is 10.5 Å². The number of nitrogens with two attached hydrogens (primary N) is 1. The number of fused-ring (bicyclic) bond motifs is 1. The lowest BCUT2D eigenvalue weighted by atomic mass is 10.0. The first-order chi connectivity index (χ1) is 14.7. The van der Waals surface area contributed by atoms with Crippen molar-refractivity contribution in [3.8, 4) is 0 Å². The average molecular weight is 443 g/mol. The number of sulfonamides is 1. The van der Waals surface area contributed by atoms with Gasteiger partial charge in [0.05, 0.1) is 15.8 Å². The van der Waals surface area contributed by atoms with Crippen molar-refractivity contribution in [1.82, 2.24) is 14.5 Å². The maximum Gasteiger partial charge on any atom is 0.262 e. The van der Waals surface area contributed by atoms with Gasteiger partial charge in [-0.3, -0.25) is 9.52 Å². The Bertz CT molecular complexity index is 1430. The zero-order chi connectivity index (χ0) is 22.3. The monoisotopic (exact) mass is 443 g/mol. The highest BCUT2D eigenvalue weighted by atomic mass is 32.2. The lowest BCUT2D eigenvalue weighted by molar-refractivity contribution is 0.104. The second kappa shape index (κ2) is 7.43. The zero-order valence-corrected chi connectivity index (χ0v) is 16.8. The van der Waals surface area contributed by atoms with Crippen molar-refractivity contribution >= 4 is 38.3 Å². The standard InChI is InChI=1S/C20H15F2N5O3S/c1-27-9-16(17-19(23)24-10-25-20(17)27)18(28)11-3-2-4-14(5-11)26-31(29,30)15-7-12(21)6-13(22)8-15/h2-10,26H,1H3,(H2,23,24,25). The molecule has 4 rings (SSSR count). The molecular weight excluding hydrogens is 428 g/mol. The lowest BCUT2D eigenvalue weighted by Gasteiger charge is -2.10. The smallest absolute Gasteiger partial charge is 0.262 e. The fraction of sp³-hybridized carbons (Fsp3) is 0.0500. The van der Waals surface area contributed by atoms with Crippen molar-refractivity contribution in [2.24, 2.45) is 7.05 Å². The van der Waals surface area contributed by atoms with Gasteiger partial charge in [0.15, 0.2) is 5.78 Å². The summed E-state index contributed by atoms with van der Waals surface area (Å²) in [6, 6.07) is 7.65. The van der Waals surface area contributed by atoms with Crippen LogP contribution in [0.1, 0.15) is 15.9 Å². The summed E-state index contributed by atoms with van der Waals surface area (Å²) in [5.41, 5.74) is 6.85. The number of nitrogen functional groups attached to an aromatic ring is 1. The molecule has 0 unspecified atom stereocenters. The highest BCUT2D eigenvalue weighted by Gasteiger charge is 2.21. The molecule has 158 valence electrons. The van der Waals surface area contributed by atoms with E-state index in [2.05, 4.69) is 14.7 Å². The summed E-state index contributed by atoms with van der Waals surface area (Å²) in [5, 5.41) is 0.385. The number of nitrogens with one attached hydrogen (secondary N) is 1. The van der Waals surface area contributed by atoms with Crippen LogP contribution in [-0.4, -0.2) is 28.7 Å². The molecule has 0 aliphatic heterocycles. The molecule has 0 aliphatic rings. The zero-order valence-electron chi connectivity index (χ0n) is 16.0. The minimum absolute atomic E-state index is 0.0416. The number of aryl methyl sites for hydroxylation is 1. The minimum atomic E-state index is -4.29. The maximum atomic E-state index is 13.4. The Morgan fingerprint density at radius 2 is 1.81 bits per heavy atom. The van der Waals surface area contributed by atoms with Crippen LogP contribution in [0.15, 0.2) is 59.9 Å². The third-order valence-corrected chi connectivity index (χ3v) is 5.91. The SMILES string of the molecule is Cn1cc(C(=O)c2cccc(NS(=O)(=O)c3cc(F)cc(F)c3)c2)c2c(N)ncnc21. The molecule has 11 heteroatoms. The van der Waals surface area contributed by atoms with E-state index in [9.17, 15) is 22.0 Å². The number of hydrogen-bond acceptors (Lipinski definition) is 6. The summed E-state index contributed by atoms with van der Waals surface area (Å²) in [6.45, 7) is 0. The number of carbonyl (C=O) groups excluding carboxylic acids is 1. The van der Waals surface area contributed by atoms with E-state index in [-0.39, 0.29) is 22.6 Å². The van der Waals surface area contributed by atoms with Crippen LogP contribution < -0.4 is 10.5 Å². The van der Waals surface area contributed by atoms with E-state index in [1.165, 1.54) is 30.6 Å². The van der Waals surface area contributed by atoms with Gasteiger partial charge in [-0.25, -0.2) is 27.2 Å². The summed E-state index contributed by atoms with van der Waals surface area (Å²) >= 11 is 0. The van der Waals surface area contributed by atoms with Crippen molar-refractivity contribution < 1.29 is 22.0 Å². The van der Waals surface area contributed by atoms with Gasteiger partial charge in [-0.2, -0.15) is 0 Å². The van der Waals surface area contributed by atoms with E-state index in [1.54, 1.807) is 17.8 Å². The van der Waals surface area contributed by atoms with E-state index in [4.69, 9.17) is 5.73 Å². The molecular formula is C20H15F2N5O3S. The van der Waals surface area contributed by atoms with Crippen molar-refractivity contribution in [3.05, 3.63) is 77.8 Å². The molecule has 0 radical (unpaired) electrons. The number of aromatic nitrogens is 3. The van der Waals surface area contributed by atoms with Crippen LogP contribution >= 0.6 is 0 Å². The van der Waals surface area contributed by atoms with Crippen LogP contribution in [0.3, 0.4) is 0 Å². The summed E-state index contributed by atoms with van der Waals surface area (Å²) in [4.78, 5) is 20.6. The minimum Gasteiger partial charge on any atom is -0.383 e. The Labute approximate surface area is 175 Å². The van der Waals surface area contributed by atoms with E-state index < -0.39 is 32.3 Å². The lowest BCUT2D eigenvalue weighted by Crippen LogP contribution is -2.14. The molecule has 0 aliphatic carbocycles. The second-order valence-electron chi connectivity index (χ2n) is 6.73. The summed E-state index contributed by atoms with van der Waals surface area (Å²) in [7, 11) is -2.59. The number of halogens is 2. The number of nitrogens with zero attached hydrogens (tertiary/aromatic N) is 3. The first-order valence-corrected chi connectivity index (χ1v) is 10.3. The van der Waals surface area contributed by atoms with Gasteiger partial charge in [-0.15, -0.1) is 0 Å². The molecule has 0 spiro atoms. The fourth-order valence-electron chi connectivity index (χ4n) is 3.18. The molecule has 3 N–H and O–H groups in total. The molecule has 0 atom stereocenters. The van der Waals surface area contributed by atoms with Gasteiger partial charge in [0.25, 0.3) is 10.0 Å². The Balaban J connectivity index is 1.70. The second-order valence-corrected chi connectivity index (χ2v) is 8.41. The molecule has 0 bridgehead atoms. The Kier molecular flexibility index (Phi) is 4.90. The third-order valence-electron chi connectivity index (χ3n) is 4.55. The van der Waals surface area contributed by atoms with Gasteiger partial charge in [-0.05, 0) is 24.3 Å². The number of anilines is 2. The Morgan fingerprint density at radius 3 is 2.52 bits per heavy atom. The van der Waals surface area contributed by atoms with Crippen molar-refractivity contribution in [2.45, 2.75) is 4.90 Å². The molecule has 0 amide bonds. The van der Waals surface area contributed by atoms with Gasteiger partial charge in [0.1, 0.15) is 29.4 Å². The Hall–Kier alpha value is -3.86. The molecule has 2 aromatic heterocycles. The van der Waals surface area contributed by atoms with Gasteiger partial charge < -0.3 is 10.3 Å². The van der Waals surface area contributed by atoms with Crippen LogP contribution in [-0.2, 0) is 17.1 Å². The number of hydrogen-bond donors (Lipinski definition) is 2. The molecule has 31 heavy (non-hydrogen) atoms. The van der Waals surface area contributed by atoms with Crippen LogP contribution in [0.25, 0.3) is 11.0 Å². The fourth-order valence-corrected chi connectivity index (χ4v) is 4.27. The van der Waals surface area contributed by atoms with Gasteiger partial charge in [0.2, 0.25) is 0 Å². The predicted molar refractivity (Wildman–Crippen MR) is 110 cm³/mol. The van der Waals surface area contributed by atoms with Gasteiger partial charge in [-0.1, -0.05) is 12.1 Å². The summed E-state index contributed by atoms with van der Waals surface area (Å²) < 4.78 is 55.7. The molecule has 4 aromatic rings. The third kappa shape index (κ3) is 3.82. The number of benzene rings is 2. The maximum absolute atomic E-state index is 13.4. The molecule has 0 saturated heterocycles. The van der Waals surface area contributed by atoms with E-state index in [0.717, 1.165) is 0 Å². The van der Waals surface area contributed by atoms with Crippen LogP contribution in [0.5, 0.6) is 0 Å². The van der Waals surface area contributed by atoms with Gasteiger partial charge in [0, 0.05) is 30.6 Å². The van der Waals surface area contributed by atoms with Crippen molar-refractivity contribution in [1.29, 1.82) is 0 Å². The first-order valence-electron chi connectivity index (χ1n) is 8.85. The van der Waals surface area contributed by atoms with Crippen LogP contribution in [0.2, 0.25) is 0 Å². The van der Waals surface area contributed by atoms with Gasteiger partial charge >= 0.3 is 0 Å². The number of rotatable bonds is 5. The van der Waals surface area contributed by atoms with E-state index >= 15 is 0 Å². The predicted octanol–water partition coefficient (Wildman–Crippen LogP) is 2.86. The van der Waals surface area contributed by atoms with Crippen molar-refractivity contribution in [3.63, 3.8) is 0 Å². The highest BCUT2D eigenvalue weighted by Crippen LogP contribution is 2.26. The molecule has 8 nitrogen and oxygen atoms in total. The topological polar surface area (TPSA) is 120 Å². The van der Waals surface area contributed by atoms with E-state index in [0.29, 0.717) is 29.2 Å². The Morgan fingerprint density at radius 1 is 1.10 bits per heavy atom. The average Bonchev–Trinajstić information content (AvgIpc) is 3.04. The summed E-state index contributed by atoms with van der Waals surface area (Å²) in [6.07, 6.45) is 2.85. The normalized spacial score (nSPS) is 11.6. The first kappa shape index (κ1) is 20.4. The molecule has 2 heterocycles. The number of carbonyl (C=O) groups is 1.